The summed E-state index contributed by atoms with van der Waals surface area (Å²) in [5, 5.41) is 0.976. The molecule has 2 aromatic rings. The van der Waals surface area contributed by atoms with Crippen LogP contribution in [0.4, 0.5) is 0 Å². The molecule has 8 heteroatoms. The minimum atomic E-state index is -3.37. The number of halogens is 2. The summed E-state index contributed by atoms with van der Waals surface area (Å²) < 4.78 is 27.4. The minimum Gasteiger partial charge on any atom is -0.330 e. The van der Waals surface area contributed by atoms with E-state index in [1.54, 1.807) is 13.1 Å². The minimum absolute atomic E-state index is 0.0214. The first-order valence-corrected chi connectivity index (χ1v) is 14.8. The van der Waals surface area contributed by atoms with Crippen LogP contribution in [0, 0.1) is 5.92 Å². The Balaban J connectivity index is 1.80. The summed E-state index contributed by atoms with van der Waals surface area (Å²) in [6.45, 7) is 6.16. The molecule has 5 nitrogen and oxygen atoms in total. The van der Waals surface area contributed by atoms with E-state index >= 15 is 0 Å². The number of hydrogen-bond donors (Lipinski definition) is 0. The maximum absolute atomic E-state index is 14.0. The molecule has 36 heavy (non-hydrogen) atoms. The Morgan fingerprint density at radius 2 is 1.81 bits per heavy atom. The van der Waals surface area contributed by atoms with Crippen molar-refractivity contribution in [1.82, 2.24) is 9.21 Å². The number of hydrogen-bond acceptors (Lipinski definition) is 3. The van der Waals surface area contributed by atoms with Crippen molar-refractivity contribution in [3.8, 4) is 0 Å². The summed E-state index contributed by atoms with van der Waals surface area (Å²) in [6.07, 6.45) is 5.05. The number of carbonyl (C=O) groups excluding carboxylic acids is 1. The van der Waals surface area contributed by atoms with Crippen molar-refractivity contribution in [3.63, 3.8) is 0 Å². The Morgan fingerprint density at radius 3 is 2.39 bits per heavy atom. The lowest BCUT2D eigenvalue weighted by atomic mass is 9.74. The number of piperidine rings is 1. The summed E-state index contributed by atoms with van der Waals surface area (Å²) >= 11 is 12.6. The van der Waals surface area contributed by atoms with Gasteiger partial charge in [0.25, 0.3) is 0 Å². The third kappa shape index (κ3) is 5.67. The lowest BCUT2D eigenvalue weighted by Crippen LogP contribution is -2.54. The number of rotatable bonds is 10. The molecule has 1 aliphatic carbocycles. The van der Waals surface area contributed by atoms with Crippen molar-refractivity contribution in [3.05, 3.63) is 82.4 Å². The van der Waals surface area contributed by atoms with Crippen LogP contribution in [-0.2, 0) is 14.8 Å². The van der Waals surface area contributed by atoms with Crippen LogP contribution in [0.1, 0.15) is 62.1 Å². The molecule has 0 bridgehead atoms. The summed E-state index contributed by atoms with van der Waals surface area (Å²) in [6, 6.07) is 14.9. The molecule has 0 radical (unpaired) electrons. The Hall–Kier alpha value is -1.86. The molecule has 2 aliphatic rings. The predicted octanol–water partition coefficient (Wildman–Crippen LogP) is 6.45. The lowest BCUT2D eigenvalue weighted by molar-refractivity contribution is -0.147. The maximum atomic E-state index is 14.0. The van der Waals surface area contributed by atoms with Gasteiger partial charge in [-0.05, 0) is 67.5 Å². The number of nitrogens with zero attached hydrogens (tertiary/aromatic N) is 2. The molecule has 1 heterocycles. The van der Waals surface area contributed by atoms with Crippen LogP contribution < -0.4 is 0 Å². The van der Waals surface area contributed by atoms with E-state index in [0.29, 0.717) is 42.1 Å². The topological polar surface area (TPSA) is 57.7 Å². The van der Waals surface area contributed by atoms with E-state index in [1.165, 1.54) is 4.31 Å². The highest BCUT2D eigenvalue weighted by molar-refractivity contribution is 7.90. The van der Waals surface area contributed by atoms with Gasteiger partial charge in [-0.25, -0.2) is 12.7 Å². The number of allylic oxidation sites excluding steroid dienone is 1. The van der Waals surface area contributed by atoms with Gasteiger partial charge in [0.1, 0.15) is 0 Å². The quantitative estimate of drug-likeness (QED) is 0.320. The second-order valence-corrected chi connectivity index (χ2v) is 13.1. The van der Waals surface area contributed by atoms with E-state index in [-0.39, 0.29) is 41.6 Å². The first-order valence-electron chi connectivity index (χ1n) is 12.6. The Bertz CT molecular complexity index is 1200. The fourth-order valence-corrected chi connectivity index (χ4v) is 7.37. The molecule has 1 unspecified atom stereocenters. The Kier molecular flexibility index (Phi) is 8.50. The van der Waals surface area contributed by atoms with Gasteiger partial charge >= 0.3 is 0 Å². The molecule has 0 spiro atoms. The van der Waals surface area contributed by atoms with Crippen LogP contribution >= 0.6 is 23.2 Å². The zero-order chi connectivity index (χ0) is 26.0. The monoisotopic (exact) mass is 548 g/mol. The molecule has 4 rings (SSSR count). The molecule has 2 aromatic carbocycles. The number of amides is 1. The number of likely N-dealkylation sites (tertiary alicyclic amines) is 1. The van der Waals surface area contributed by atoms with E-state index in [9.17, 15) is 13.2 Å². The van der Waals surface area contributed by atoms with Gasteiger partial charge in [-0.2, -0.15) is 0 Å². The molecule has 4 atom stereocenters. The third-order valence-electron chi connectivity index (χ3n) is 7.48. The van der Waals surface area contributed by atoms with Gasteiger partial charge in [-0.1, -0.05) is 60.5 Å². The second kappa shape index (κ2) is 11.3. The van der Waals surface area contributed by atoms with Gasteiger partial charge in [0, 0.05) is 41.5 Å². The van der Waals surface area contributed by atoms with E-state index in [4.69, 9.17) is 23.2 Å². The van der Waals surface area contributed by atoms with Crippen molar-refractivity contribution >= 4 is 39.1 Å². The highest BCUT2D eigenvalue weighted by Gasteiger charge is 2.46. The largest absolute Gasteiger partial charge is 0.330 e. The van der Waals surface area contributed by atoms with Crippen LogP contribution in [0.5, 0.6) is 0 Å². The summed E-state index contributed by atoms with van der Waals surface area (Å²) in [5.74, 6) is -0.224. The molecule has 1 saturated carbocycles. The van der Waals surface area contributed by atoms with Crippen molar-refractivity contribution in [2.24, 2.45) is 5.92 Å². The van der Waals surface area contributed by atoms with E-state index in [2.05, 4.69) is 12.6 Å². The Morgan fingerprint density at radius 1 is 1.11 bits per heavy atom. The number of benzene rings is 2. The van der Waals surface area contributed by atoms with Crippen LogP contribution in [-0.4, -0.2) is 48.4 Å². The summed E-state index contributed by atoms with van der Waals surface area (Å²) in [7, 11) is -1.73. The zero-order valence-electron chi connectivity index (χ0n) is 20.8. The number of carbonyl (C=O) groups is 1. The second-order valence-electron chi connectivity index (χ2n) is 9.95. The lowest BCUT2D eigenvalue weighted by Gasteiger charge is -2.49. The summed E-state index contributed by atoms with van der Waals surface area (Å²) in [4.78, 5) is 16.0. The van der Waals surface area contributed by atoms with Crippen LogP contribution in [0.3, 0.4) is 0 Å². The van der Waals surface area contributed by atoms with Crippen molar-refractivity contribution in [1.29, 1.82) is 0 Å². The van der Waals surface area contributed by atoms with Gasteiger partial charge < -0.3 is 4.90 Å². The fraction of sp³-hybridized carbons (Fsp3) is 0.464. The first-order chi connectivity index (χ1) is 17.2. The highest BCUT2D eigenvalue weighted by Crippen LogP contribution is 2.48. The van der Waals surface area contributed by atoms with Gasteiger partial charge in [0.2, 0.25) is 15.9 Å². The SMILES string of the molecule is C=CC[C@@H]1C[C@H](c2cccc(Cl)c2)[C@@H](c2ccc(Cl)cc2)N(C(CC)CN(C)S(=O)(=O)C2CC2)C1=O. The zero-order valence-corrected chi connectivity index (χ0v) is 23.1. The van der Waals surface area contributed by atoms with E-state index < -0.39 is 10.0 Å². The summed E-state index contributed by atoms with van der Waals surface area (Å²) in [5.41, 5.74) is 2.03. The molecular weight excluding hydrogens is 515 g/mol. The predicted molar refractivity (Wildman–Crippen MR) is 147 cm³/mol. The average molecular weight is 550 g/mol. The molecule has 1 amide bonds. The number of likely N-dealkylation sites (N-methyl/N-ethyl adjacent to an activating group) is 1. The molecule has 0 N–H and O–H groups in total. The standard InChI is InChI=1S/C28H34Cl2N2O3S/c1-4-7-21-17-26(20-8-6-9-23(30)16-20)27(19-10-12-22(29)13-11-19)32(28(21)33)24(5-2)18-31(3)36(34,35)25-14-15-25/h4,6,8-13,16,21,24-27H,1,5,7,14-15,17-18H2,2-3H3/t21-,24?,26-,27-/m1/s1. The highest BCUT2D eigenvalue weighted by atomic mass is 35.5. The Labute approximate surface area is 225 Å². The van der Waals surface area contributed by atoms with Crippen molar-refractivity contribution in [2.45, 2.75) is 62.3 Å². The molecule has 1 saturated heterocycles. The maximum Gasteiger partial charge on any atom is 0.226 e. The fourth-order valence-electron chi connectivity index (χ4n) is 5.43. The van der Waals surface area contributed by atoms with E-state index in [0.717, 1.165) is 11.1 Å². The normalized spacial score (nSPS) is 23.6. The van der Waals surface area contributed by atoms with Gasteiger partial charge in [0.15, 0.2) is 0 Å². The molecule has 1 aliphatic heterocycles. The van der Waals surface area contributed by atoms with Gasteiger partial charge in [-0.3, -0.25) is 4.79 Å². The molecular formula is C28H34Cl2N2O3S. The third-order valence-corrected chi connectivity index (χ3v) is 10.3. The first kappa shape index (κ1) is 27.2. The number of sulfonamides is 1. The van der Waals surface area contributed by atoms with Crippen LogP contribution in [0.25, 0.3) is 0 Å². The van der Waals surface area contributed by atoms with E-state index in [1.807, 2.05) is 54.3 Å². The van der Waals surface area contributed by atoms with Crippen LogP contribution in [0.2, 0.25) is 10.0 Å². The molecule has 194 valence electrons. The van der Waals surface area contributed by atoms with Gasteiger partial charge in [-0.15, -0.1) is 6.58 Å². The van der Waals surface area contributed by atoms with Crippen molar-refractivity contribution < 1.29 is 13.2 Å². The molecule has 0 aromatic heterocycles. The van der Waals surface area contributed by atoms with Crippen LogP contribution in [0.15, 0.2) is 61.2 Å². The van der Waals surface area contributed by atoms with Gasteiger partial charge in [0.05, 0.1) is 11.3 Å². The van der Waals surface area contributed by atoms with Crippen molar-refractivity contribution in [2.75, 3.05) is 13.6 Å². The smallest absolute Gasteiger partial charge is 0.226 e. The average Bonchev–Trinajstić information content (AvgIpc) is 3.70. The molecule has 2 fully saturated rings.